The second-order valence-corrected chi connectivity index (χ2v) is 6.38. The first-order valence-corrected chi connectivity index (χ1v) is 8.23. The summed E-state index contributed by atoms with van der Waals surface area (Å²) in [4.78, 5) is 14.4. The van der Waals surface area contributed by atoms with Crippen molar-refractivity contribution in [2.24, 2.45) is 0 Å². The van der Waals surface area contributed by atoms with Gasteiger partial charge in [-0.1, -0.05) is 13.8 Å². The van der Waals surface area contributed by atoms with Crippen LogP contribution in [0.4, 0.5) is 0 Å². The number of H-pyrrole nitrogens is 1. The zero-order valence-electron chi connectivity index (χ0n) is 13.7. The molecule has 1 unspecified atom stereocenters. The average Bonchev–Trinajstić information content (AvgIpc) is 3.24. The maximum absolute atomic E-state index is 12.4. The molecule has 1 aliphatic rings. The molecule has 2 aromatic heterocycles. The topological polar surface area (TPSA) is 87.9 Å². The number of aromatic amines is 1. The van der Waals surface area contributed by atoms with Crippen LogP contribution >= 0.6 is 0 Å². The normalized spacial score (nSPS) is 18.6. The molecule has 0 aliphatic carbocycles. The van der Waals surface area contributed by atoms with E-state index in [4.69, 9.17) is 4.42 Å². The fourth-order valence-corrected chi connectivity index (χ4v) is 2.92. The van der Waals surface area contributed by atoms with E-state index in [2.05, 4.69) is 20.4 Å². The Morgan fingerprint density at radius 3 is 3.04 bits per heavy atom. The van der Waals surface area contributed by atoms with Crippen LogP contribution in [0.25, 0.3) is 0 Å². The number of rotatable bonds is 5. The van der Waals surface area contributed by atoms with Gasteiger partial charge in [-0.2, -0.15) is 5.10 Å². The van der Waals surface area contributed by atoms with Gasteiger partial charge in [0.15, 0.2) is 0 Å². The molecule has 23 heavy (non-hydrogen) atoms. The van der Waals surface area contributed by atoms with E-state index in [1.807, 2.05) is 24.8 Å². The van der Waals surface area contributed by atoms with E-state index in [1.165, 1.54) is 0 Å². The summed E-state index contributed by atoms with van der Waals surface area (Å²) < 4.78 is 5.56. The van der Waals surface area contributed by atoms with Gasteiger partial charge in [-0.05, 0) is 18.9 Å². The number of nitrogens with one attached hydrogen (secondary N) is 1. The molecule has 0 bridgehead atoms. The molecule has 0 spiro atoms. The molecule has 3 rings (SSSR count). The van der Waals surface area contributed by atoms with Crippen molar-refractivity contribution in [3.8, 4) is 0 Å². The van der Waals surface area contributed by atoms with Crippen LogP contribution in [-0.2, 0) is 11.2 Å². The summed E-state index contributed by atoms with van der Waals surface area (Å²) >= 11 is 0. The molecular weight excluding hydrogens is 294 g/mol. The van der Waals surface area contributed by atoms with E-state index < -0.39 is 0 Å². The van der Waals surface area contributed by atoms with Gasteiger partial charge in [-0.3, -0.25) is 9.89 Å². The van der Waals surface area contributed by atoms with Crippen molar-refractivity contribution in [3.63, 3.8) is 0 Å². The Kier molecular flexibility index (Phi) is 4.73. The third kappa shape index (κ3) is 3.78. The third-order valence-corrected chi connectivity index (χ3v) is 4.27. The van der Waals surface area contributed by atoms with Crippen molar-refractivity contribution in [2.45, 2.75) is 51.4 Å². The maximum Gasteiger partial charge on any atom is 0.223 e. The van der Waals surface area contributed by atoms with Gasteiger partial charge in [0, 0.05) is 49.7 Å². The summed E-state index contributed by atoms with van der Waals surface area (Å²) in [6.45, 7) is 5.59. The molecule has 1 saturated heterocycles. The molecule has 7 heteroatoms. The Morgan fingerprint density at radius 2 is 2.35 bits per heavy atom. The number of aromatic nitrogens is 4. The quantitative estimate of drug-likeness (QED) is 0.914. The van der Waals surface area contributed by atoms with E-state index in [1.54, 1.807) is 6.20 Å². The largest absolute Gasteiger partial charge is 0.425 e. The standard InChI is InChI=1S/C16H23N5O2/c1-11(2)16-20-19-14(23-16)5-6-15(22)21-9-3-4-12(10-21)13-7-8-17-18-13/h7-8,11-12H,3-6,9-10H2,1-2H3,(H,17,18). The number of nitrogens with zero attached hydrogens (tertiary/aromatic N) is 4. The summed E-state index contributed by atoms with van der Waals surface area (Å²) in [7, 11) is 0. The zero-order valence-corrected chi connectivity index (χ0v) is 13.7. The fraction of sp³-hybridized carbons (Fsp3) is 0.625. The summed E-state index contributed by atoms with van der Waals surface area (Å²) in [6.07, 6.45) is 4.79. The molecule has 0 saturated carbocycles. The van der Waals surface area contributed by atoms with Gasteiger partial charge in [0.2, 0.25) is 17.7 Å². The van der Waals surface area contributed by atoms with Crippen LogP contribution in [0.2, 0.25) is 0 Å². The first-order chi connectivity index (χ1) is 11.1. The number of hydrogen-bond donors (Lipinski definition) is 1. The molecule has 0 aromatic carbocycles. The van der Waals surface area contributed by atoms with Crippen LogP contribution < -0.4 is 0 Å². The second kappa shape index (κ2) is 6.93. The summed E-state index contributed by atoms with van der Waals surface area (Å²) in [5, 5.41) is 15.0. The van der Waals surface area contributed by atoms with Crippen LogP contribution in [-0.4, -0.2) is 44.3 Å². The van der Waals surface area contributed by atoms with Crippen LogP contribution in [0.3, 0.4) is 0 Å². The van der Waals surface area contributed by atoms with Gasteiger partial charge in [0.05, 0.1) is 0 Å². The van der Waals surface area contributed by atoms with Gasteiger partial charge in [0.25, 0.3) is 0 Å². The Morgan fingerprint density at radius 1 is 1.48 bits per heavy atom. The average molecular weight is 317 g/mol. The molecule has 2 aromatic rings. The Bertz CT molecular complexity index is 635. The maximum atomic E-state index is 12.4. The number of amides is 1. The molecule has 1 aliphatic heterocycles. The lowest BCUT2D eigenvalue weighted by Gasteiger charge is -2.32. The molecular formula is C16H23N5O2. The predicted octanol–water partition coefficient (Wildman–Crippen LogP) is 2.25. The lowest BCUT2D eigenvalue weighted by Crippen LogP contribution is -2.39. The summed E-state index contributed by atoms with van der Waals surface area (Å²) in [5.74, 6) is 1.89. The zero-order chi connectivity index (χ0) is 16.2. The number of hydrogen-bond acceptors (Lipinski definition) is 5. The lowest BCUT2D eigenvalue weighted by molar-refractivity contribution is -0.132. The number of piperidine rings is 1. The van der Waals surface area contributed by atoms with Crippen molar-refractivity contribution in [1.82, 2.24) is 25.3 Å². The van der Waals surface area contributed by atoms with Gasteiger partial charge in [-0.25, -0.2) is 0 Å². The van der Waals surface area contributed by atoms with Crippen LogP contribution in [0.15, 0.2) is 16.7 Å². The molecule has 7 nitrogen and oxygen atoms in total. The Labute approximate surface area is 135 Å². The smallest absolute Gasteiger partial charge is 0.223 e. The van der Waals surface area contributed by atoms with Crippen molar-refractivity contribution < 1.29 is 9.21 Å². The minimum atomic E-state index is 0.151. The molecule has 1 fully saturated rings. The first-order valence-electron chi connectivity index (χ1n) is 8.23. The third-order valence-electron chi connectivity index (χ3n) is 4.27. The molecule has 1 amide bonds. The van der Waals surface area contributed by atoms with Crippen LogP contribution in [0, 0.1) is 0 Å². The minimum absolute atomic E-state index is 0.151. The molecule has 1 atom stereocenters. The molecule has 0 radical (unpaired) electrons. The fourth-order valence-electron chi connectivity index (χ4n) is 2.92. The van der Waals surface area contributed by atoms with E-state index >= 15 is 0 Å². The second-order valence-electron chi connectivity index (χ2n) is 6.38. The van der Waals surface area contributed by atoms with Gasteiger partial charge >= 0.3 is 0 Å². The number of carbonyl (C=O) groups excluding carboxylic acids is 1. The SMILES string of the molecule is CC(C)c1nnc(CCC(=O)N2CCCC(c3ccn[nH]3)C2)o1. The van der Waals surface area contributed by atoms with Crippen LogP contribution in [0.5, 0.6) is 0 Å². The predicted molar refractivity (Wildman–Crippen MR) is 83.9 cm³/mol. The highest BCUT2D eigenvalue weighted by molar-refractivity contribution is 5.76. The monoisotopic (exact) mass is 317 g/mol. The molecule has 3 heterocycles. The first kappa shape index (κ1) is 15.7. The van der Waals surface area contributed by atoms with Crippen molar-refractivity contribution in [1.29, 1.82) is 0 Å². The number of carbonyl (C=O) groups is 1. The summed E-state index contributed by atoms with van der Waals surface area (Å²) in [5.41, 5.74) is 1.11. The van der Waals surface area contributed by atoms with Gasteiger partial charge < -0.3 is 9.32 Å². The van der Waals surface area contributed by atoms with Crippen molar-refractivity contribution in [2.75, 3.05) is 13.1 Å². The van der Waals surface area contributed by atoms with Gasteiger partial charge in [0.1, 0.15) is 0 Å². The minimum Gasteiger partial charge on any atom is -0.425 e. The van der Waals surface area contributed by atoms with E-state index in [0.717, 1.165) is 31.6 Å². The Balaban J connectivity index is 1.53. The van der Waals surface area contributed by atoms with Crippen LogP contribution in [0.1, 0.15) is 62.4 Å². The molecule has 124 valence electrons. The molecule has 1 N–H and O–H groups in total. The van der Waals surface area contributed by atoms with E-state index in [0.29, 0.717) is 30.5 Å². The number of likely N-dealkylation sites (tertiary alicyclic amines) is 1. The lowest BCUT2D eigenvalue weighted by atomic mass is 9.94. The highest BCUT2D eigenvalue weighted by Gasteiger charge is 2.25. The summed E-state index contributed by atoms with van der Waals surface area (Å²) in [6, 6.07) is 1.99. The number of aryl methyl sites for hydroxylation is 1. The highest BCUT2D eigenvalue weighted by Crippen LogP contribution is 2.25. The van der Waals surface area contributed by atoms with Crippen molar-refractivity contribution in [3.05, 3.63) is 29.7 Å². The van der Waals surface area contributed by atoms with Gasteiger partial charge in [-0.15, -0.1) is 10.2 Å². The van der Waals surface area contributed by atoms with E-state index in [9.17, 15) is 4.79 Å². The highest BCUT2D eigenvalue weighted by atomic mass is 16.4. The van der Waals surface area contributed by atoms with Crippen molar-refractivity contribution >= 4 is 5.91 Å². The Hall–Kier alpha value is -2.18. The van der Waals surface area contributed by atoms with E-state index in [-0.39, 0.29) is 11.8 Å².